The number of rotatable bonds is 6. The maximum atomic E-state index is 11.8. The van der Waals surface area contributed by atoms with Crippen LogP contribution in [0.5, 0.6) is 0 Å². The second-order valence-electron chi connectivity index (χ2n) is 4.19. The Labute approximate surface area is 108 Å². The van der Waals surface area contributed by atoms with Crippen molar-refractivity contribution in [1.29, 1.82) is 0 Å². The van der Waals surface area contributed by atoms with E-state index < -0.39 is 13.0 Å². The topological polar surface area (TPSA) is 57.4 Å². The molecule has 0 aromatic carbocycles. The maximum Gasteiger partial charge on any atom is 0.261 e. The summed E-state index contributed by atoms with van der Waals surface area (Å²) in [6.45, 7) is 0.922. The first-order valence-corrected chi connectivity index (χ1v) is 6.68. The van der Waals surface area contributed by atoms with Gasteiger partial charge in [0.25, 0.3) is 6.43 Å². The third-order valence-electron chi connectivity index (χ3n) is 2.78. The van der Waals surface area contributed by atoms with Gasteiger partial charge in [-0.3, -0.25) is 0 Å². The number of halogens is 2. The largest absolute Gasteiger partial charge is 0.379 e. The van der Waals surface area contributed by atoms with Gasteiger partial charge in [0.05, 0.1) is 30.5 Å². The second-order valence-corrected chi connectivity index (χ2v) is 5.13. The molecule has 1 aromatic heterocycles. The van der Waals surface area contributed by atoms with E-state index in [2.05, 4.69) is 4.98 Å². The van der Waals surface area contributed by atoms with Gasteiger partial charge in [0.2, 0.25) is 0 Å². The van der Waals surface area contributed by atoms with Crippen LogP contribution in [0.15, 0.2) is 5.38 Å². The maximum absolute atomic E-state index is 11.8. The molecule has 0 radical (unpaired) electrons. The molecule has 2 atom stereocenters. The van der Waals surface area contributed by atoms with Gasteiger partial charge in [-0.25, -0.2) is 13.8 Å². The predicted octanol–water partition coefficient (Wildman–Crippen LogP) is 1.41. The zero-order valence-corrected chi connectivity index (χ0v) is 10.7. The van der Waals surface area contributed by atoms with Gasteiger partial charge < -0.3 is 15.2 Å². The van der Waals surface area contributed by atoms with E-state index in [1.807, 2.05) is 5.38 Å². The second kappa shape index (κ2) is 6.51. The summed E-state index contributed by atoms with van der Waals surface area (Å²) in [7, 11) is 0. The van der Waals surface area contributed by atoms with Crippen LogP contribution in [-0.4, -0.2) is 43.9 Å². The molecule has 1 aliphatic rings. The van der Waals surface area contributed by atoms with Crippen molar-refractivity contribution in [2.75, 3.05) is 26.4 Å². The average Bonchev–Trinajstić information content (AvgIpc) is 2.92. The molecule has 2 N–H and O–H groups in total. The predicted molar refractivity (Wildman–Crippen MR) is 64.2 cm³/mol. The lowest BCUT2D eigenvalue weighted by molar-refractivity contribution is 0.0187. The summed E-state index contributed by atoms with van der Waals surface area (Å²) in [6.07, 6.45) is -1.86. The van der Waals surface area contributed by atoms with Crippen LogP contribution in [0.2, 0.25) is 0 Å². The number of nitrogens with zero attached hydrogens (tertiary/aromatic N) is 1. The SMILES string of the molecule is NC1COCC1c1csc(CCOCC(F)F)n1. The van der Waals surface area contributed by atoms with Gasteiger partial charge in [-0.15, -0.1) is 11.3 Å². The number of hydrogen-bond acceptors (Lipinski definition) is 5. The van der Waals surface area contributed by atoms with Crippen LogP contribution in [-0.2, 0) is 15.9 Å². The summed E-state index contributed by atoms with van der Waals surface area (Å²) in [5.41, 5.74) is 6.85. The lowest BCUT2D eigenvalue weighted by atomic mass is 10.0. The normalized spacial score (nSPS) is 24.0. The number of hydrogen-bond donors (Lipinski definition) is 1. The number of ether oxygens (including phenoxy) is 2. The number of alkyl halides is 2. The highest BCUT2D eigenvalue weighted by molar-refractivity contribution is 7.09. The number of nitrogens with two attached hydrogens (primary N) is 1. The van der Waals surface area contributed by atoms with E-state index in [0.29, 0.717) is 19.6 Å². The molecule has 0 spiro atoms. The van der Waals surface area contributed by atoms with E-state index >= 15 is 0 Å². The summed E-state index contributed by atoms with van der Waals surface area (Å²) >= 11 is 1.51. The quantitative estimate of drug-likeness (QED) is 0.799. The molecule has 0 aliphatic carbocycles. The number of thiazole rings is 1. The molecular formula is C11H16F2N2O2S. The van der Waals surface area contributed by atoms with Gasteiger partial charge in [0.1, 0.15) is 6.61 Å². The molecule has 1 fully saturated rings. The Morgan fingerprint density at radius 1 is 1.56 bits per heavy atom. The third kappa shape index (κ3) is 3.68. The van der Waals surface area contributed by atoms with E-state index in [1.165, 1.54) is 11.3 Å². The molecule has 1 aliphatic heterocycles. The van der Waals surface area contributed by atoms with E-state index in [0.717, 1.165) is 10.7 Å². The number of aromatic nitrogens is 1. The molecule has 0 amide bonds. The van der Waals surface area contributed by atoms with Crippen molar-refractivity contribution in [3.05, 3.63) is 16.1 Å². The minimum absolute atomic E-state index is 0.00460. The fourth-order valence-corrected chi connectivity index (χ4v) is 2.66. The Morgan fingerprint density at radius 3 is 3.06 bits per heavy atom. The lowest BCUT2D eigenvalue weighted by Gasteiger charge is -2.09. The van der Waals surface area contributed by atoms with E-state index in [9.17, 15) is 8.78 Å². The standard InChI is InChI=1S/C11H16F2N2O2S/c12-10(13)5-16-2-1-11-15-9(6-18-11)7-3-17-4-8(7)14/h6-8,10H,1-5,14H2. The van der Waals surface area contributed by atoms with Crippen molar-refractivity contribution in [2.45, 2.75) is 24.8 Å². The zero-order valence-electron chi connectivity index (χ0n) is 9.85. The molecule has 7 heteroatoms. The molecular weight excluding hydrogens is 262 g/mol. The summed E-state index contributed by atoms with van der Waals surface area (Å²) in [4.78, 5) is 4.45. The van der Waals surface area contributed by atoms with Crippen molar-refractivity contribution in [1.82, 2.24) is 4.98 Å². The molecule has 102 valence electrons. The minimum Gasteiger partial charge on any atom is -0.379 e. The molecule has 2 heterocycles. The van der Waals surface area contributed by atoms with Crippen molar-refractivity contribution >= 4 is 11.3 Å². The van der Waals surface area contributed by atoms with E-state index in [4.69, 9.17) is 15.2 Å². The lowest BCUT2D eigenvalue weighted by Crippen LogP contribution is -2.27. The van der Waals surface area contributed by atoms with Crippen LogP contribution in [0.4, 0.5) is 8.78 Å². The first kappa shape index (κ1) is 13.8. The van der Waals surface area contributed by atoms with Crippen LogP contribution < -0.4 is 5.73 Å². The summed E-state index contributed by atoms with van der Waals surface area (Å²) in [5, 5.41) is 2.85. The van der Waals surface area contributed by atoms with Gasteiger partial charge in [0, 0.05) is 23.8 Å². The minimum atomic E-state index is -2.41. The van der Waals surface area contributed by atoms with E-state index in [1.54, 1.807) is 0 Å². The Kier molecular flexibility index (Phi) is 4.99. The Morgan fingerprint density at radius 2 is 2.39 bits per heavy atom. The molecule has 2 unspecified atom stereocenters. The molecule has 0 saturated carbocycles. The van der Waals surface area contributed by atoms with Crippen LogP contribution in [0.1, 0.15) is 16.6 Å². The monoisotopic (exact) mass is 278 g/mol. The van der Waals surface area contributed by atoms with Crippen LogP contribution >= 0.6 is 11.3 Å². The van der Waals surface area contributed by atoms with Crippen LogP contribution in [0.25, 0.3) is 0 Å². The Hall–Kier alpha value is -0.630. The smallest absolute Gasteiger partial charge is 0.261 e. The van der Waals surface area contributed by atoms with Crippen molar-refractivity contribution in [3.8, 4) is 0 Å². The van der Waals surface area contributed by atoms with Gasteiger partial charge in [-0.1, -0.05) is 0 Å². The van der Waals surface area contributed by atoms with Crippen LogP contribution in [0, 0.1) is 0 Å². The van der Waals surface area contributed by atoms with Crippen molar-refractivity contribution < 1.29 is 18.3 Å². The average molecular weight is 278 g/mol. The molecule has 18 heavy (non-hydrogen) atoms. The molecule has 0 bridgehead atoms. The molecule has 4 nitrogen and oxygen atoms in total. The fourth-order valence-electron chi connectivity index (χ4n) is 1.82. The van der Waals surface area contributed by atoms with Crippen molar-refractivity contribution in [2.24, 2.45) is 5.73 Å². The summed E-state index contributed by atoms with van der Waals surface area (Å²) in [6, 6.07) is -0.00460. The van der Waals surface area contributed by atoms with Crippen LogP contribution in [0.3, 0.4) is 0 Å². The van der Waals surface area contributed by atoms with Gasteiger partial charge in [0.15, 0.2) is 0 Å². The van der Waals surface area contributed by atoms with Gasteiger partial charge in [-0.05, 0) is 0 Å². The highest BCUT2D eigenvalue weighted by Gasteiger charge is 2.28. The molecule has 1 saturated heterocycles. The highest BCUT2D eigenvalue weighted by atomic mass is 32.1. The summed E-state index contributed by atoms with van der Waals surface area (Å²) in [5.74, 6) is 0.150. The van der Waals surface area contributed by atoms with Gasteiger partial charge >= 0.3 is 0 Å². The molecule has 2 rings (SSSR count). The van der Waals surface area contributed by atoms with Gasteiger partial charge in [-0.2, -0.15) is 0 Å². The van der Waals surface area contributed by atoms with Crippen molar-refractivity contribution in [3.63, 3.8) is 0 Å². The molecule has 1 aromatic rings. The first-order chi connectivity index (χ1) is 8.66. The fraction of sp³-hybridized carbons (Fsp3) is 0.727. The summed E-state index contributed by atoms with van der Waals surface area (Å²) < 4.78 is 33.8. The first-order valence-electron chi connectivity index (χ1n) is 5.80. The third-order valence-corrected chi connectivity index (χ3v) is 3.70. The Balaban J connectivity index is 1.79. The van der Waals surface area contributed by atoms with E-state index in [-0.39, 0.29) is 18.6 Å². The highest BCUT2D eigenvalue weighted by Crippen LogP contribution is 2.25. The Bertz CT molecular complexity index is 376. The zero-order chi connectivity index (χ0) is 13.0.